The fraction of sp³-hybridized carbons (Fsp3) is 0.357. The first-order valence-electron chi connectivity index (χ1n) is 6.79. The van der Waals surface area contributed by atoms with Crippen LogP contribution in [-0.4, -0.2) is 41.4 Å². The molecule has 2 aliphatic rings. The number of rotatable bonds is 1. The number of likely N-dealkylation sites (tertiary alicyclic amines) is 1. The highest BCUT2D eigenvalue weighted by molar-refractivity contribution is 6.07. The molecule has 2 fully saturated rings. The molecule has 4 amide bonds. The van der Waals surface area contributed by atoms with Gasteiger partial charge in [0.2, 0.25) is 0 Å². The molecule has 3 rings (SSSR count). The van der Waals surface area contributed by atoms with Gasteiger partial charge in [0.05, 0.1) is 0 Å². The molecule has 2 N–H and O–H groups in total. The summed E-state index contributed by atoms with van der Waals surface area (Å²) in [4.78, 5) is 36.7. The SMILES string of the molecule is O=C1NC(=O)C2(CCN(C(=O)c3ccc(F)c(F)c3)CC2)N1. The lowest BCUT2D eigenvalue weighted by molar-refractivity contribution is -0.125. The fourth-order valence-corrected chi connectivity index (χ4v) is 2.78. The number of benzene rings is 1. The highest BCUT2D eigenvalue weighted by Gasteiger charge is 2.48. The maximum absolute atomic E-state index is 13.2. The summed E-state index contributed by atoms with van der Waals surface area (Å²) in [6.45, 7) is 0.483. The number of urea groups is 1. The number of nitrogens with zero attached hydrogens (tertiary/aromatic N) is 1. The minimum absolute atomic E-state index is 0.0507. The number of imide groups is 1. The van der Waals surface area contributed by atoms with Gasteiger partial charge in [-0.05, 0) is 31.0 Å². The van der Waals surface area contributed by atoms with E-state index in [-0.39, 0.29) is 31.5 Å². The van der Waals surface area contributed by atoms with E-state index in [4.69, 9.17) is 0 Å². The Morgan fingerprint density at radius 3 is 2.36 bits per heavy atom. The van der Waals surface area contributed by atoms with Crippen molar-refractivity contribution in [3.05, 3.63) is 35.4 Å². The van der Waals surface area contributed by atoms with Crippen molar-refractivity contribution in [3.8, 4) is 0 Å². The minimum atomic E-state index is -1.08. The molecular formula is C14H13F2N3O3. The third-order valence-electron chi connectivity index (χ3n) is 4.09. The van der Waals surface area contributed by atoms with E-state index in [9.17, 15) is 23.2 Å². The van der Waals surface area contributed by atoms with E-state index in [0.29, 0.717) is 0 Å². The molecule has 116 valence electrons. The predicted molar refractivity (Wildman–Crippen MR) is 70.9 cm³/mol. The van der Waals surface area contributed by atoms with Crippen molar-refractivity contribution in [2.45, 2.75) is 18.4 Å². The molecule has 0 bridgehead atoms. The van der Waals surface area contributed by atoms with E-state index in [1.54, 1.807) is 0 Å². The second kappa shape index (κ2) is 5.04. The Morgan fingerprint density at radius 2 is 1.82 bits per heavy atom. The van der Waals surface area contributed by atoms with Crippen molar-refractivity contribution in [1.82, 2.24) is 15.5 Å². The van der Waals surface area contributed by atoms with Crippen molar-refractivity contribution in [2.75, 3.05) is 13.1 Å². The lowest BCUT2D eigenvalue weighted by Gasteiger charge is -2.37. The number of halogens is 2. The minimum Gasteiger partial charge on any atom is -0.338 e. The molecule has 6 nitrogen and oxygen atoms in total. The van der Waals surface area contributed by atoms with Gasteiger partial charge in [0, 0.05) is 18.7 Å². The van der Waals surface area contributed by atoms with Crippen LogP contribution >= 0.6 is 0 Å². The number of carbonyl (C=O) groups is 3. The van der Waals surface area contributed by atoms with Gasteiger partial charge in [-0.15, -0.1) is 0 Å². The number of nitrogens with one attached hydrogen (secondary N) is 2. The van der Waals surface area contributed by atoms with Gasteiger partial charge in [-0.1, -0.05) is 0 Å². The van der Waals surface area contributed by atoms with Gasteiger partial charge < -0.3 is 10.2 Å². The zero-order chi connectivity index (χ0) is 15.9. The first kappa shape index (κ1) is 14.4. The smallest absolute Gasteiger partial charge is 0.322 e. The lowest BCUT2D eigenvalue weighted by Crippen LogP contribution is -2.55. The number of amides is 4. The molecule has 1 aromatic rings. The Balaban J connectivity index is 1.71. The van der Waals surface area contributed by atoms with Crippen LogP contribution in [-0.2, 0) is 4.79 Å². The fourth-order valence-electron chi connectivity index (χ4n) is 2.78. The lowest BCUT2D eigenvalue weighted by atomic mass is 9.87. The maximum atomic E-state index is 13.2. The molecule has 2 saturated heterocycles. The van der Waals surface area contributed by atoms with Crippen molar-refractivity contribution < 1.29 is 23.2 Å². The van der Waals surface area contributed by atoms with Gasteiger partial charge in [-0.2, -0.15) is 0 Å². The molecule has 1 aromatic carbocycles. The molecule has 1 spiro atoms. The molecule has 2 aliphatic heterocycles. The van der Waals surface area contributed by atoms with Crippen LogP contribution in [0.15, 0.2) is 18.2 Å². The number of hydrogen-bond acceptors (Lipinski definition) is 3. The van der Waals surface area contributed by atoms with Gasteiger partial charge >= 0.3 is 6.03 Å². The number of hydrogen-bond donors (Lipinski definition) is 2. The third kappa shape index (κ3) is 2.30. The predicted octanol–water partition coefficient (Wildman–Crippen LogP) is 0.779. The van der Waals surface area contributed by atoms with Crippen LogP contribution in [0.4, 0.5) is 13.6 Å². The normalized spacial score (nSPS) is 20.0. The average Bonchev–Trinajstić information content (AvgIpc) is 2.76. The van der Waals surface area contributed by atoms with Crippen molar-refractivity contribution >= 4 is 17.8 Å². The van der Waals surface area contributed by atoms with Crippen molar-refractivity contribution in [3.63, 3.8) is 0 Å². The Hall–Kier alpha value is -2.51. The van der Waals surface area contributed by atoms with Crippen LogP contribution in [0, 0.1) is 11.6 Å². The second-order valence-electron chi connectivity index (χ2n) is 5.41. The highest BCUT2D eigenvalue weighted by Crippen LogP contribution is 2.26. The second-order valence-corrected chi connectivity index (χ2v) is 5.41. The Labute approximate surface area is 124 Å². The molecule has 0 unspecified atom stereocenters. The van der Waals surface area contributed by atoms with Gasteiger partial charge in [-0.25, -0.2) is 13.6 Å². The van der Waals surface area contributed by atoms with E-state index in [1.165, 1.54) is 11.0 Å². The van der Waals surface area contributed by atoms with Gasteiger partial charge in [0.25, 0.3) is 11.8 Å². The summed E-state index contributed by atoms with van der Waals surface area (Å²) in [5, 5.41) is 4.77. The van der Waals surface area contributed by atoms with Crippen molar-refractivity contribution in [2.24, 2.45) is 0 Å². The highest BCUT2D eigenvalue weighted by atomic mass is 19.2. The molecule has 22 heavy (non-hydrogen) atoms. The summed E-state index contributed by atoms with van der Waals surface area (Å²) in [7, 11) is 0. The van der Waals surface area contributed by atoms with E-state index in [1.807, 2.05) is 0 Å². The van der Waals surface area contributed by atoms with Crippen LogP contribution in [0.2, 0.25) is 0 Å². The third-order valence-corrected chi connectivity index (χ3v) is 4.09. The zero-order valence-corrected chi connectivity index (χ0v) is 11.5. The van der Waals surface area contributed by atoms with Gasteiger partial charge in [-0.3, -0.25) is 14.9 Å². The van der Waals surface area contributed by atoms with E-state index < -0.39 is 35.0 Å². The first-order valence-corrected chi connectivity index (χ1v) is 6.79. The Morgan fingerprint density at radius 1 is 1.14 bits per heavy atom. The maximum Gasteiger partial charge on any atom is 0.322 e. The average molecular weight is 309 g/mol. The monoisotopic (exact) mass is 309 g/mol. The molecule has 2 heterocycles. The van der Waals surface area contributed by atoms with E-state index in [0.717, 1.165) is 12.1 Å². The summed E-state index contributed by atoms with van der Waals surface area (Å²) in [6, 6.07) is 2.44. The standard InChI is InChI=1S/C14H13F2N3O3/c15-9-2-1-8(7-10(9)16)11(20)19-5-3-14(4-6-19)12(21)17-13(22)18-14/h1-2,7H,3-6H2,(H2,17,18,21,22). The summed E-state index contributed by atoms with van der Waals surface area (Å²) < 4.78 is 26.1. The Bertz CT molecular complexity index is 669. The number of piperidine rings is 1. The van der Waals surface area contributed by atoms with Gasteiger partial charge in [0.1, 0.15) is 5.54 Å². The van der Waals surface area contributed by atoms with E-state index >= 15 is 0 Å². The largest absolute Gasteiger partial charge is 0.338 e. The van der Waals surface area contributed by atoms with Crippen LogP contribution in [0.5, 0.6) is 0 Å². The van der Waals surface area contributed by atoms with Crippen LogP contribution < -0.4 is 10.6 Å². The molecule has 8 heteroatoms. The van der Waals surface area contributed by atoms with Gasteiger partial charge in [0.15, 0.2) is 11.6 Å². The van der Waals surface area contributed by atoms with E-state index in [2.05, 4.69) is 10.6 Å². The quantitative estimate of drug-likeness (QED) is 0.753. The molecule has 0 atom stereocenters. The van der Waals surface area contributed by atoms with Crippen LogP contribution in [0.25, 0.3) is 0 Å². The summed E-state index contributed by atoms with van der Waals surface area (Å²) >= 11 is 0. The van der Waals surface area contributed by atoms with Crippen LogP contribution in [0.1, 0.15) is 23.2 Å². The summed E-state index contributed by atoms with van der Waals surface area (Å²) in [6.07, 6.45) is 0.556. The Kier molecular flexibility index (Phi) is 3.31. The molecule has 0 aromatic heterocycles. The summed E-state index contributed by atoms with van der Waals surface area (Å²) in [5.74, 6) is -2.92. The molecule has 0 aliphatic carbocycles. The molecular weight excluding hydrogens is 296 g/mol. The van der Waals surface area contributed by atoms with Crippen molar-refractivity contribution in [1.29, 1.82) is 0 Å². The number of carbonyl (C=O) groups excluding carboxylic acids is 3. The molecule has 0 radical (unpaired) electrons. The molecule has 0 saturated carbocycles. The zero-order valence-electron chi connectivity index (χ0n) is 11.5. The summed E-state index contributed by atoms with van der Waals surface area (Å²) in [5.41, 5.74) is -0.920. The van der Waals surface area contributed by atoms with Crippen LogP contribution in [0.3, 0.4) is 0 Å². The topological polar surface area (TPSA) is 78.5 Å². The first-order chi connectivity index (χ1) is 10.4.